The molecule has 0 fully saturated rings. The first-order valence-corrected chi connectivity index (χ1v) is 10.2. The summed E-state index contributed by atoms with van der Waals surface area (Å²) in [7, 11) is 1.65. The zero-order chi connectivity index (χ0) is 20.8. The van der Waals surface area contributed by atoms with Crippen LogP contribution in [0.5, 0.6) is 5.75 Å². The largest absolute Gasteiger partial charge is 0.497 e. The number of methoxy groups -OCH3 is 1. The average Bonchev–Trinajstić information content (AvgIpc) is 3.24. The molecule has 1 N–H and O–H groups in total. The SMILES string of the molecule is COc1ccc(C[C@H]2CCn3cc(nn3)COC[C@H](c3ccccc3)NC2=O)cc1. The highest BCUT2D eigenvalue weighted by molar-refractivity contribution is 5.79. The molecule has 0 radical (unpaired) electrons. The molecule has 2 aromatic carbocycles. The van der Waals surface area contributed by atoms with Gasteiger partial charge in [-0.25, -0.2) is 0 Å². The Bertz CT molecular complexity index is 956. The molecule has 1 amide bonds. The van der Waals surface area contributed by atoms with Gasteiger partial charge in [0.2, 0.25) is 5.91 Å². The van der Waals surface area contributed by atoms with Gasteiger partial charge in [0.05, 0.1) is 32.6 Å². The van der Waals surface area contributed by atoms with Crippen LogP contribution in [-0.2, 0) is 29.1 Å². The van der Waals surface area contributed by atoms with Crippen molar-refractivity contribution in [1.82, 2.24) is 20.3 Å². The summed E-state index contributed by atoms with van der Waals surface area (Å²) in [4.78, 5) is 13.3. The van der Waals surface area contributed by atoms with Crippen LogP contribution in [0.3, 0.4) is 0 Å². The molecule has 156 valence electrons. The summed E-state index contributed by atoms with van der Waals surface area (Å²) >= 11 is 0. The van der Waals surface area contributed by atoms with Crippen LogP contribution < -0.4 is 10.1 Å². The van der Waals surface area contributed by atoms with E-state index in [4.69, 9.17) is 9.47 Å². The number of amides is 1. The average molecular weight is 406 g/mol. The van der Waals surface area contributed by atoms with E-state index in [1.165, 1.54) is 0 Å². The third kappa shape index (κ3) is 5.04. The van der Waals surface area contributed by atoms with Gasteiger partial charge in [-0.05, 0) is 36.1 Å². The molecule has 0 spiro atoms. The van der Waals surface area contributed by atoms with Crippen LogP contribution in [0.15, 0.2) is 60.8 Å². The number of hydrogen-bond acceptors (Lipinski definition) is 5. The first-order chi connectivity index (χ1) is 14.7. The van der Waals surface area contributed by atoms with Crippen molar-refractivity contribution in [2.24, 2.45) is 5.92 Å². The summed E-state index contributed by atoms with van der Waals surface area (Å²) in [5.41, 5.74) is 2.91. The van der Waals surface area contributed by atoms with Crippen molar-refractivity contribution >= 4 is 5.91 Å². The zero-order valence-electron chi connectivity index (χ0n) is 17.0. The zero-order valence-corrected chi connectivity index (χ0v) is 17.0. The number of rotatable bonds is 4. The van der Waals surface area contributed by atoms with Crippen molar-refractivity contribution in [3.63, 3.8) is 0 Å². The molecule has 0 saturated carbocycles. The Morgan fingerprint density at radius 1 is 1.17 bits per heavy atom. The molecule has 1 aliphatic heterocycles. The Morgan fingerprint density at radius 2 is 1.97 bits per heavy atom. The Kier molecular flexibility index (Phi) is 6.39. The number of carbonyl (C=O) groups is 1. The van der Waals surface area contributed by atoms with E-state index in [-0.39, 0.29) is 17.9 Å². The summed E-state index contributed by atoms with van der Waals surface area (Å²) < 4.78 is 12.9. The van der Waals surface area contributed by atoms with Gasteiger partial charge in [0.25, 0.3) is 0 Å². The molecule has 2 atom stereocenters. The van der Waals surface area contributed by atoms with E-state index in [1.807, 2.05) is 60.8 Å². The molecule has 7 heteroatoms. The lowest BCUT2D eigenvalue weighted by Crippen LogP contribution is -2.37. The number of nitrogens with one attached hydrogen (secondary N) is 1. The Hall–Kier alpha value is -3.19. The van der Waals surface area contributed by atoms with Gasteiger partial charge in [0, 0.05) is 12.5 Å². The first kappa shape index (κ1) is 20.1. The molecular weight excluding hydrogens is 380 g/mol. The molecule has 0 aliphatic carbocycles. The van der Waals surface area contributed by atoms with Crippen LogP contribution in [-0.4, -0.2) is 34.6 Å². The summed E-state index contributed by atoms with van der Waals surface area (Å²) in [6, 6.07) is 17.6. The van der Waals surface area contributed by atoms with Gasteiger partial charge in [0.15, 0.2) is 0 Å². The van der Waals surface area contributed by atoms with Gasteiger partial charge in [0.1, 0.15) is 11.4 Å². The fraction of sp³-hybridized carbons (Fsp3) is 0.348. The van der Waals surface area contributed by atoms with Gasteiger partial charge >= 0.3 is 0 Å². The van der Waals surface area contributed by atoms with Crippen LogP contribution in [0.25, 0.3) is 0 Å². The van der Waals surface area contributed by atoms with E-state index in [0.29, 0.717) is 32.6 Å². The fourth-order valence-corrected chi connectivity index (χ4v) is 3.65. The highest BCUT2D eigenvalue weighted by atomic mass is 16.5. The van der Waals surface area contributed by atoms with Gasteiger partial charge in [-0.2, -0.15) is 0 Å². The number of carbonyl (C=O) groups excluding carboxylic acids is 1. The van der Waals surface area contributed by atoms with Crippen LogP contribution in [0.1, 0.15) is 29.3 Å². The number of aromatic nitrogens is 3. The molecule has 1 aromatic heterocycles. The number of ether oxygens (including phenoxy) is 2. The predicted octanol–water partition coefficient (Wildman–Crippen LogP) is 2.92. The summed E-state index contributed by atoms with van der Waals surface area (Å²) in [6.45, 7) is 1.36. The van der Waals surface area contributed by atoms with Crippen molar-refractivity contribution in [2.75, 3.05) is 13.7 Å². The molecular formula is C23H26N4O3. The van der Waals surface area contributed by atoms with E-state index in [1.54, 1.807) is 11.8 Å². The van der Waals surface area contributed by atoms with Gasteiger partial charge in [-0.3, -0.25) is 9.48 Å². The summed E-state index contributed by atoms with van der Waals surface area (Å²) in [5.74, 6) is 0.624. The second-order valence-electron chi connectivity index (χ2n) is 7.50. The van der Waals surface area contributed by atoms with Crippen molar-refractivity contribution in [2.45, 2.75) is 32.0 Å². The summed E-state index contributed by atoms with van der Waals surface area (Å²) in [5, 5.41) is 11.5. The van der Waals surface area contributed by atoms with E-state index >= 15 is 0 Å². The maximum atomic E-state index is 13.3. The van der Waals surface area contributed by atoms with E-state index in [0.717, 1.165) is 22.6 Å². The molecule has 4 rings (SSSR count). The van der Waals surface area contributed by atoms with E-state index < -0.39 is 0 Å². The quantitative estimate of drug-likeness (QED) is 0.721. The van der Waals surface area contributed by atoms with Crippen LogP contribution >= 0.6 is 0 Å². The smallest absolute Gasteiger partial charge is 0.224 e. The number of nitrogens with zero attached hydrogens (tertiary/aromatic N) is 3. The van der Waals surface area contributed by atoms with Crippen molar-refractivity contribution in [3.8, 4) is 5.75 Å². The maximum Gasteiger partial charge on any atom is 0.224 e. The highest BCUT2D eigenvalue weighted by Gasteiger charge is 2.24. The monoisotopic (exact) mass is 406 g/mol. The van der Waals surface area contributed by atoms with E-state index in [2.05, 4.69) is 15.6 Å². The number of aryl methyl sites for hydroxylation is 1. The minimum absolute atomic E-state index is 0.0178. The number of hydrogen-bond donors (Lipinski definition) is 1. The molecule has 30 heavy (non-hydrogen) atoms. The summed E-state index contributed by atoms with van der Waals surface area (Å²) in [6.07, 6.45) is 3.20. The second-order valence-corrected chi connectivity index (χ2v) is 7.50. The van der Waals surface area contributed by atoms with Crippen LogP contribution in [0.4, 0.5) is 0 Å². The Balaban J connectivity index is 1.57. The molecule has 2 heterocycles. The lowest BCUT2D eigenvalue weighted by molar-refractivity contribution is -0.126. The first-order valence-electron chi connectivity index (χ1n) is 10.2. The molecule has 2 bridgehead atoms. The Labute approximate surface area is 176 Å². The molecule has 3 aromatic rings. The molecule has 7 nitrogen and oxygen atoms in total. The topological polar surface area (TPSA) is 78.3 Å². The molecule has 0 saturated heterocycles. The lowest BCUT2D eigenvalue weighted by Gasteiger charge is -2.24. The minimum atomic E-state index is -0.216. The van der Waals surface area contributed by atoms with E-state index in [9.17, 15) is 4.79 Å². The third-order valence-corrected chi connectivity index (χ3v) is 5.36. The van der Waals surface area contributed by atoms with Crippen LogP contribution in [0.2, 0.25) is 0 Å². The normalized spacial score (nSPS) is 20.0. The van der Waals surface area contributed by atoms with Crippen LogP contribution in [0, 0.1) is 5.92 Å². The molecule has 0 unspecified atom stereocenters. The maximum absolute atomic E-state index is 13.3. The highest BCUT2D eigenvalue weighted by Crippen LogP contribution is 2.21. The Morgan fingerprint density at radius 3 is 2.73 bits per heavy atom. The van der Waals surface area contributed by atoms with Gasteiger partial charge in [-0.15, -0.1) is 5.10 Å². The standard InChI is InChI=1S/C23H26N4O3/c1-29-21-9-7-17(8-10-21)13-19-11-12-27-14-20(25-26-27)15-30-16-22(24-23(19)28)18-5-3-2-4-6-18/h2-10,14,19,22H,11-13,15-16H2,1H3,(H,24,28)/t19-,22-/m1/s1. The van der Waals surface area contributed by atoms with Gasteiger partial charge in [-0.1, -0.05) is 47.7 Å². The molecule has 1 aliphatic rings. The second kappa shape index (κ2) is 9.54. The van der Waals surface area contributed by atoms with Crippen molar-refractivity contribution < 1.29 is 14.3 Å². The fourth-order valence-electron chi connectivity index (χ4n) is 3.65. The lowest BCUT2D eigenvalue weighted by atomic mass is 9.94. The number of fused-ring (bicyclic) bond motifs is 2. The number of benzene rings is 2. The third-order valence-electron chi connectivity index (χ3n) is 5.36. The minimum Gasteiger partial charge on any atom is -0.497 e. The van der Waals surface area contributed by atoms with Crippen molar-refractivity contribution in [3.05, 3.63) is 77.6 Å². The predicted molar refractivity (Wildman–Crippen MR) is 112 cm³/mol. The van der Waals surface area contributed by atoms with Crippen molar-refractivity contribution in [1.29, 1.82) is 0 Å². The van der Waals surface area contributed by atoms with Gasteiger partial charge < -0.3 is 14.8 Å².